The first-order valence-electron chi connectivity index (χ1n) is 7.80. The molecule has 0 saturated carbocycles. The van der Waals surface area contributed by atoms with Crippen LogP contribution in [-0.2, 0) is 11.3 Å². The van der Waals surface area contributed by atoms with Gasteiger partial charge in [-0.3, -0.25) is 4.79 Å². The van der Waals surface area contributed by atoms with Crippen LogP contribution >= 0.6 is 0 Å². The molecule has 21 heavy (non-hydrogen) atoms. The van der Waals surface area contributed by atoms with Crippen LogP contribution in [0.5, 0.6) is 0 Å². The standard InChI is InChI=1S/C17H27N3O/c1-13(2)6-5-8-17(4)9-7-16(21)20(12-17)11-15-18-10-14(3)19-15/h6,10H,5,7-9,11-12H2,1-4H3,(H,18,19)/t17-/m1/s1. The molecular formula is C17H27N3O. The van der Waals surface area contributed by atoms with Crippen molar-refractivity contribution in [1.29, 1.82) is 0 Å². The molecule has 1 fully saturated rings. The van der Waals surface area contributed by atoms with Crippen molar-refractivity contribution in [3.63, 3.8) is 0 Å². The van der Waals surface area contributed by atoms with Crippen molar-refractivity contribution < 1.29 is 4.79 Å². The van der Waals surface area contributed by atoms with E-state index in [9.17, 15) is 4.79 Å². The second kappa shape index (κ2) is 6.46. The van der Waals surface area contributed by atoms with Crippen LogP contribution < -0.4 is 0 Å². The van der Waals surface area contributed by atoms with Gasteiger partial charge in [0.1, 0.15) is 5.82 Å². The average Bonchev–Trinajstić information content (AvgIpc) is 2.79. The fourth-order valence-electron chi connectivity index (χ4n) is 2.98. The maximum atomic E-state index is 12.1. The van der Waals surface area contributed by atoms with Gasteiger partial charge >= 0.3 is 0 Å². The Morgan fingerprint density at radius 1 is 1.52 bits per heavy atom. The van der Waals surface area contributed by atoms with E-state index in [2.05, 4.69) is 36.8 Å². The van der Waals surface area contributed by atoms with Gasteiger partial charge in [0.25, 0.3) is 0 Å². The van der Waals surface area contributed by atoms with E-state index in [0.717, 1.165) is 37.3 Å². The van der Waals surface area contributed by atoms with Gasteiger partial charge in [0.2, 0.25) is 5.91 Å². The van der Waals surface area contributed by atoms with E-state index in [0.29, 0.717) is 13.0 Å². The van der Waals surface area contributed by atoms with Gasteiger partial charge < -0.3 is 9.88 Å². The second-order valence-corrected chi connectivity index (χ2v) is 6.89. The van der Waals surface area contributed by atoms with Crippen molar-refractivity contribution in [2.45, 2.75) is 59.9 Å². The maximum absolute atomic E-state index is 12.1. The van der Waals surface area contributed by atoms with E-state index >= 15 is 0 Å². The van der Waals surface area contributed by atoms with Crippen molar-refractivity contribution in [3.8, 4) is 0 Å². The molecule has 1 atom stereocenters. The van der Waals surface area contributed by atoms with Gasteiger partial charge in [-0.05, 0) is 45.4 Å². The van der Waals surface area contributed by atoms with Gasteiger partial charge in [-0.15, -0.1) is 0 Å². The molecule has 1 N–H and O–H groups in total. The number of aryl methyl sites for hydroxylation is 1. The molecule has 0 aromatic carbocycles. The summed E-state index contributed by atoms with van der Waals surface area (Å²) in [5.41, 5.74) is 2.63. The molecule has 1 saturated heterocycles. The molecular weight excluding hydrogens is 262 g/mol. The number of imidazole rings is 1. The number of hydrogen-bond acceptors (Lipinski definition) is 2. The molecule has 0 aliphatic carbocycles. The number of hydrogen-bond donors (Lipinski definition) is 1. The van der Waals surface area contributed by atoms with E-state index in [1.807, 2.05) is 18.0 Å². The minimum Gasteiger partial charge on any atom is -0.345 e. The van der Waals surface area contributed by atoms with Crippen LogP contribution in [0.15, 0.2) is 17.8 Å². The van der Waals surface area contributed by atoms with Gasteiger partial charge in [-0.25, -0.2) is 4.98 Å². The number of H-pyrrole nitrogens is 1. The normalized spacial score (nSPS) is 22.5. The highest BCUT2D eigenvalue weighted by Crippen LogP contribution is 2.35. The van der Waals surface area contributed by atoms with Crippen molar-refractivity contribution in [2.75, 3.05) is 6.54 Å². The lowest BCUT2D eigenvalue weighted by atomic mass is 9.77. The van der Waals surface area contributed by atoms with Crippen LogP contribution in [0.1, 0.15) is 58.0 Å². The number of aromatic amines is 1. The zero-order valence-electron chi connectivity index (χ0n) is 13.7. The number of carbonyl (C=O) groups excluding carboxylic acids is 1. The van der Waals surface area contributed by atoms with Gasteiger partial charge in [-0.1, -0.05) is 18.6 Å². The van der Waals surface area contributed by atoms with Crippen LogP contribution in [0, 0.1) is 12.3 Å². The summed E-state index contributed by atoms with van der Waals surface area (Å²) in [6, 6.07) is 0. The Hall–Kier alpha value is -1.58. The molecule has 1 aliphatic heterocycles. The Morgan fingerprint density at radius 3 is 2.90 bits per heavy atom. The molecule has 2 heterocycles. The molecule has 4 nitrogen and oxygen atoms in total. The summed E-state index contributed by atoms with van der Waals surface area (Å²) in [6.45, 7) is 10.0. The molecule has 2 rings (SSSR count). The lowest BCUT2D eigenvalue weighted by Gasteiger charge is -2.40. The largest absolute Gasteiger partial charge is 0.345 e. The molecule has 116 valence electrons. The minimum absolute atomic E-state index is 0.224. The fourth-order valence-corrected chi connectivity index (χ4v) is 2.98. The number of allylic oxidation sites excluding steroid dienone is 2. The number of nitrogens with one attached hydrogen (secondary N) is 1. The quantitative estimate of drug-likeness (QED) is 0.842. The number of rotatable bonds is 5. The van der Waals surface area contributed by atoms with E-state index < -0.39 is 0 Å². The number of aromatic nitrogens is 2. The Bertz CT molecular complexity index is 528. The van der Waals surface area contributed by atoms with E-state index in [1.165, 1.54) is 5.57 Å². The highest BCUT2D eigenvalue weighted by molar-refractivity contribution is 5.77. The molecule has 1 aromatic rings. The summed E-state index contributed by atoms with van der Waals surface area (Å²) in [6.07, 6.45) is 8.00. The minimum atomic E-state index is 0.224. The number of amides is 1. The Labute approximate surface area is 127 Å². The van der Waals surface area contributed by atoms with Crippen LogP contribution in [0.4, 0.5) is 0 Å². The van der Waals surface area contributed by atoms with Gasteiger partial charge in [-0.2, -0.15) is 0 Å². The molecule has 0 unspecified atom stereocenters. The number of nitrogens with zero attached hydrogens (tertiary/aromatic N) is 2. The van der Waals surface area contributed by atoms with E-state index in [-0.39, 0.29) is 11.3 Å². The monoisotopic (exact) mass is 289 g/mol. The third-order valence-corrected chi connectivity index (χ3v) is 4.26. The molecule has 0 radical (unpaired) electrons. The van der Waals surface area contributed by atoms with Gasteiger partial charge in [0.05, 0.1) is 6.54 Å². The average molecular weight is 289 g/mol. The third-order valence-electron chi connectivity index (χ3n) is 4.26. The van der Waals surface area contributed by atoms with Crippen molar-refractivity contribution in [3.05, 3.63) is 29.4 Å². The smallest absolute Gasteiger partial charge is 0.223 e. The zero-order valence-corrected chi connectivity index (χ0v) is 13.7. The Kier molecular flexibility index (Phi) is 4.86. The maximum Gasteiger partial charge on any atom is 0.223 e. The Morgan fingerprint density at radius 2 is 2.29 bits per heavy atom. The molecule has 1 amide bonds. The molecule has 0 spiro atoms. The lowest BCUT2D eigenvalue weighted by Crippen LogP contribution is -2.44. The van der Waals surface area contributed by atoms with Gasteiger partial charge in [0, 0.05) is 24.9 Å². The topological polar surface area (TPSA) is 49.0 Å². The van der Waals surface area contributed by atoms with Crippen molar-refractivity contribution in [1.82, 2.24) is 14.9 Å². The first-order chi connectivity index (χ1) is 9.88. The third kappa shape index (κ3) is 4.45. The Balaban J connectivity index is 1.97. The SMILES string of the molecule is CC(C)=CCC[C@]1(C)CCC(=O)N(Cc2ncc(C)[nH]2)C1. The fraction of sp³-hybridized carbons (Fsp3) is 0.647. The summed E-state index contributed by atoms with van der Waals surface area (Å²) < 4.78 is 0. The predicted molar refractivity (Wildman–Crippen MR) is 84.7 cm³/mol. The number of likely N-dealkylation sites (tertiary alicyclic amines) is 1. The summed E-state index contributed by atoms with van der Waals surface area (Å²) in [5.74, 6) is 1.14. The van der Waals surface area contributed by atoms with Gasteiger partial charge in [0.15, 0.2) is 0 Å². The second-order valence-electron chi connectivity index (χ2n) is 6.89. The van der Waals surface area contributed by atoms with Crippen LogP contribution in [0.25, 0.3) is 0 Å². The van der Waals surface area contributed by atoms with Crippen LogP contribution in [0.2, 0.25) is 0 Å². The van der Waals surface area contributed by atoms with Crippen molar-refractivity contribution in [2.24, 2.45) is 5.41 Å². The summed E-state index contributed by atoms with van der Waals surface area (Å²) >= 11 is 0. The highest BCUT2D eigenvalue weighted by Gasteiger charge is 2.34. The molecule has 1 aliphatic rings. The van der Waals surface area contributed by atoms with Crippen molar-refractivity contribution >= 4 is 5.91 Å². The molecule has 4 heteroatoms. The zero-order chi connectivity index (χ0) is 15.5. The predicted octanol–water partition coefficient (Wildman–Crippen LogP) is 3.59. The van der Waals surface area contributed by atoms with Crippen LogP contribution in [-0.4, -0.2) is 27.3 Å². The van der Waals surface area contributed by atoms with E-state index in [1.54, 1.807) is 0 Å². The first kappa shape index (κ1) is 15.8. The summed E-state index contributed by atoms with van der Waals surface area (Å²) in [5, 5.41) is 0. The highest BCUT2D eigenvalue weighted by atomic mass is 16.2. The summed E-state index contributed by atoms with van der Waals surface area (Å²) in [7, 11) is 0. The molecule has 1 aromatic heterocycles. The van der Waals surface area contributed by atoms with E-state index in [4.69, 9.17) is 0 Å². The van der Waals surface area contributed by atoms with Crippen LogP contribution in [0.3, 0.4) is 0 Å². The summed E-state index contributed by atoms with van der Waals surface area (Å²) in [4.78, 5) is 21.6. The number of piperidine rings is 1. The molecule has 0 bridgehead atoms. The lowest BCUT2D eigenvalue weighted by molar-refractivity contribution is -0.138. The number of carbonyl (C=O) groups is 1. The first-order valence-corrected chi connectivity index (χ1v) is 7.80.